The summed E-state index contributed by atoms with van der Waals surface area (Å²) in [6.07, 6.45) is -0.0423. The number of aryl methyl sites for hydroxylation is 2. The minimum Gasteiger partial charge on any atom is -0.363 e. The maximum absolute atomic E-state index is 13.8. The molecule has 4 aromatic carbocycles. The van der Waals surface area contributed by atoms with Gasteiger partial charge in [0.05, 0.1) is 13.1 Å². The van der Waals surface area contributed by atoms with Crippen molar-refractivity contribution in [3.05, 3.63) is 131 Å². The lowest BCUT2D eigenvalue weighted by atomic mass is 10.0. The Morgan fingerprint density at radius 2 is 1.28 bits per heavy atom. The smallest absolute Gasteiger partial charge is 0.138 e. The molecule has 0 bridgehead atoms. The van der Waals surface area contributed by atoms with Crippen LogP contribution in [0.3, 0.4) is 0 Å². The van der Waals surface area contributed by atoms with E-state index < -0.39 is 0 Å². The lowest BCUT2D eigenvalue weighted by Crippen LogP contribution is -2.54. The highest BCUT2D eigenvalue weighted by Gasteiger charge is 2.40. The van der Waals surface area contributed by atoms with Crippen LogP contribution >= 0.6 is 0 Å². The van der Waals surface area contributed by atoms with Crippen LogP contribution in [-0.4, -0.2) is 75.5 Å². The highest BCUT2D eigenvalue weighted by molar-refractivity contribution is 5.88. The van der Waals surface area contributed by atoms with E-state index in [1.807, 2.05) is 12.1 Å². The quantitative estimate of drug-likeness (QED) is 0.173. The number of fused-ring (bicyclic) bond motifs is 2. The van der Waals surface area contributed by atoms with Crippen molar-refractivity contribution >= 4 is 23.0 Å². The third kappa shape index (κ3) is 6.73. The van der Waals surface area contributed by atoms with Crippen molar-refractivity contribution in [2.45, 2.75) is 39.1 Å². The highest BCUT2D eigenvalue weighted by Crippen LogP contribution is 2.35. The first-order valence-corrected chi connectivity index (χ1v) is 17.4. The molecule has 0 radical (unpaired) electrons. The molecular weight excluding hydrogens is 630 g/mol. The average molecular weight is 673 g/mol. The molecule has 2 unspecified atom stereocenters. The minimum atomic E-state index is -0.259. The Balaban J connectivity index is 0.960. The van der Waals surface area contributed by atoms with Gasteiger partial charge in [-0.05, 0) is 80.1 Å². The normalized spacial score (nSPS) is 19.2. The van der Waals surface area contributed by atoms with E-state index in [1.165, 1.54) is 35.4 Å². The summed E-state index contributed by atoms with van der Waals surface area (Å²) in [6, 6.07) is 30.0. The van der Waals surface area contributed by atoms with Gasteiger partial charge < -0.3 is 20.1 Å². The summed E-state index contributed by atoms with van der Waals surface area (Å²) >= 11 is 0. The average Bonchev–Trinajstić information content (AvgIpc) is 3.67. The number of nitrogens with zero attached hydrogens (tertiary/aromatic N) is 6. The third-order valence-electron chi connectivity index (χ3n) is 10.1. The standard InChI is InChI=1S/C40H42F2N8/c1-27-3-15-33(16-4-27)43-39-37(29-7-11-31(41)12-8-29)45-35-25-47(21-23-49(35)39)19-20-48-22-24-50-36(26-48)46-38(30-9-13-32(42)14-10-30)40(50)44-34-17-5-28(2)6-18-34/h3-18,37,39,43-44H,19-26H2,1-2H3. The van der Waals surface area contributed by atoms with E-state index >= 15 is 0 Å². The van der Waals surface area contributed by atoms with Gasteiger partial charge in [-0.25, -0.2) is 13.8 Å². The Kier molecular flexibility index (Phi) is 8.80. The number of aromatic nitrogens is 2. The van der Waals surface area contributed by atoms with Gasteiger partial charge in [-0.3, -0.25) is 14.8 Å². The van der Waals surface area contributed by atoms with Crippen LogP contribution in [0.1, 0.15) is 28.6 Å². The van der Waals surface area contributed by atoms with E-state index in [4.69, 9.17) is 9.98 Å². The van der Waals surface area contributed by atoms with Crippen LogP contribution in [-0.2, 0) is 13.1 Å². The summed E-state index contributed by atoms with van der Waals surface area (Å²) in [7, 11) is 0. The lowest BCUT2D eigenvalue weighted by molar-refractivity contribution is 0.161. The van der Waals surface area contributed by atoms with Crippen LogP contribution in [0.2, 0.25) is 0 Å². The van der Waals surface area contributed by atoms with E-state index in [0.717, 1.165) is 98.0 Å². The first kappa shape index (κ1) is 32.2. The Labute approximate surface area is 292 Å². The second-order valence-corrected chi connectivity index (χ2v) is 13.6. The number of amidine groups is 1. The predicted octanol–water partition coefficient (Wildman–Crippen LogP) is 7.21. The number of rotatable bonds is 9. The van der Waals surface area contributed by atoms with Crippen LogP contribution in [0, 0.1) is 25.5 Å². The van der Waals surface area contributed by atoms with Gasteiger partial charge in [-0.2, -0.15) is 0 Å². The highest BCUT2D eigenvalue weighted by atomic mass is 19.1. The Bertz CT molecular complexity index is 1970. The zero-order chi connectivity index (χ0) is 34.2. The molecule has 1 fully saturated rings. The summed E-state index contributed by atoms with van der Waals surface area (Å²) in [5.74, 6) is 2.51. The summed E-state index contributed by atoms with van der Waals surface area (Å²) in [5.41, 5.74) is 7.19. The van der Waals surface area contributed by atoms with Gasteiger partial charge in [0.15, 0.2) is 0 Å². The van der Waals surface area contributed by atoms with E-state index in [0.29, 0.717) is 0 Å². The molecular formula is C40H42F2N8. The van der Waals surface area contributed by atoms with Crippen LogP contribution < -0.4 is 10.6 Å². The van der Waals surface area contributed by atoms with Crippen molar-refractivity contribution < 1.29 is 8.78 Å². The first-order chi connectivity index (χ1) is 24.4. The Morgan fingerprint density at radius 3 is 1.96 bits per heavy atom. The fourth-order valence-electron chi connectivity index (χ4n) is 7.21. The van der Waals surface area contributed by atoms with Gasteiger partial charge in [0.2, 0.25) is 0 Å². The maximum Gasteiger partial charge on any atom is 0.138 e. The number of imidazole rings is 1. The molecule has 0 spiro atoms. The van der Waals surface area contributed by atoms with E-state index in [9.17, 15) is 8.78 Å². The van der Waals surface area contributed by atoms with Crippen LogP contribution in [0.15, 0.2) is 102 Å². The van der Waals surface area contributed by atoms with Crippen LogP contribution in [0.4, 0.5) is 26.0 Å². The number of aliphatic imine (C=N–C) groups is 1. The molecule has 3 aliphatic heterocycles. The largest absolute Gasteiger partial charge is 0.363 e. The number of hydrogen-bond acceptors (Lipinski definition) is 7. The zero-order valence-corrected chi connectivity index (χ0v) is 28.5. The molecule has 0 aliphatic carbocycles. The fourth-order valence-corrected chi connectivity index (χ4v) is 7.21. The molecule has 8 nitrogen and oxygen atoms in total. The SMILES string of the molecule is Cc1ccc(Nc2c(-c3ccc(F)cc3)nc3n2CCN(CCN2CCN4C(=NC(c5ccc(F)cc5)C4Nc4ccc(C)cc4)C2)C3)cc1. The predicted molar refractivity (Wildman–Crippen MR) is 196 cm³/mol. The number of hydrogen-bond donors (Lipinski definition) is 2. The van der Waals surface area contributed by atoms with Gasteiger partial charge >= 0.3 is 0 Å². The molecule has 3 aliphatic rings. The van der Waals surface area contributed by atoms with Crippen molar-refractivity contribution in [2.75, 3.05) is 49.9 Å². The Hall–Kier alpha value is -5.06. The molecule has 1 aromatic heterocycles. The van der Waals surface area contributed by atoms with Crippen molar-refractivity contribution in [1.29, 1.82) is 0 Å². The van der Waals surface area contributed by atoms with E-state index in [2.05, 4.69) is 92.3 Å². The minimum absolute atomic E-state index is 0.0423. The first-order valence-electron chi connectivity index (χ1n) is 17.4. The van der Waals surface area contributed by atoms with Crippen molar-refractivity contribution in [3.8, 4) is 11.3 Å². The number of piperazine rings is 1. The Morgan fingerprint density at radius 1 is 0.680 bits per heavy atom. The van der Waals surface area contributed by atoms with E-state index in [1.54, 1.807) is 12.1 Å². The second kappa shape index (κ2) is 13.7. The topological polar surface area (TPSA) is 64.0 Å². The van der Waals surface area contributed by atoms with Crippen molar-refractivity contribution in [2.24, 2.45) is 4.99 Å². The van der Waals surface area contributed by atoms with Gasteiger partial charge in [-0.1, -0.05) is 47.5 Å². The molecule has 0 amide bonds. The summed E-state index contributed by atoms with van der Waals surface area (Å²) < 4.78 is 29.9. The number of benzene rings is 4. The number of nitrogens with one attached hydrogen (secondary N) is 2. The third-order valence-corrected chi connectivity index (χ3v) is 10.1. The fraction of sp³-hybridized carbons (Fsp3) is 0.300. The molecule has 8 rings (SSSR count). The molecule has 2 N–H and O–H groups in total. The number of halogens is 2. The molecule has 0 saturated carbocycles. The molecule has 2 atom stereocenters. The summed E-state index contributed by atoms with van der Waals surface area (Å²) in [4.78, 5) is 17.7. The van der Waals surface area contributed by atoms with Gasteiger partial charge in [0.25, 0.3) is 0 Å². The summed E-state index contributed by atoms with van der Waals surface area (Å²) in [6.45, 7) is 11.0. The molecule has 10 heteroatoms. The molecule has 5 aromatic rings. The zero-order valence-electron chi connectivity index (χ0n) is 28.5. The number of anilines is 3. The van der Waals surface area contributed by atoms with Gasteiger partial charge in [-0.15, -0.1) is 0 Å². The van der Waals surface area contributed by atoms with Gasteiger partial charge in [0.1, 0.15) is 47.0 Å². The molecule has 4 heterocycles. The second-order valence-electron chi connectivity index (χ2n) is 13.6. The maximum atomic E-state index is 13.8. The molecule has 256 valence electrons. The monoisotopic (exact) mass is 672 g/mol. The molecule has 1 saturated heterocycles. The van der Waals surface area contributed by atoms with Crippen molar-refractivity contribution in [1.82, 2.24) is 24.3 Å². The van der Waals surface area contributed by atoms with Gasteiger partial charge in [0, 0.05) is 56.2 Å². The van der Waals surface area contributed by atoms with Crippen LogP contribution in [0.5, 0.6) is 0 Å². The molecule has 50 heavy (non-hydrogen) atoms. The van der Waals surface area contributed by atoms with Crippen LogP contribution in [0.25, 0.3) is 11.3 Å². The lowest BCUT2D eigenvalue weighted by Gasteiger charge is -2.39. The summed E-state index contributed by atoms with van der Waals surface area (Å²) in [5, 5.41) is 7.35. The van der Waals surface area contributed by atoms with Crippen molar-refractivity contribution in [3.63, 3.8) is 0 Å². The van der Waals surface area contributed by atoms with E-state index in [-0.39, 0.29) is 23.8 Å².